The summed E-state index contributed by atoms with van der Waals surface area (Å²) in [6.45, 7) is 4.17. The standard InChI is InChI=1S/C25H26IN9O/c1-15(35-25-21(23(26)32-35)24(27)28-14-29-25)18-13-16-5-3-4-10-34(16)22(18)19-6-7-20(31-30-19)36-17-8-11-33(2)12-9-17/h3-7,10,13-15,17H,8-9,11-12H2,1-2H3,(H2,27,28,29). The summed E-state index contributed by atoms with van der Waals surface area (Å²) in [5.74, 6) is 0.986. The molecule has 6 heterocycles. The fraction of sp³-hybridized carbons (Fsp3) is 0.320. The maximum atomic E-state index is 6.13. The molecule has 1 fully saturated rings. The number of nitrogens with zero attached hydrogens (tertiary/aromatic N) is 8. The van der Waals surface area contributed by atoms with E-state index in [-0.39, 0.29) is 12.1 Å². The number of piperidine rings is 1. The number of halogens is 1. The number of hydrogen-bond donors (Lipinski definition) is 1. The molecule has 0 bridgehead atoms. The first-order valence-electron chi connectivity index (χ1n) is 11.9. The first-order valence-corrected chi connectivity index (χ1v) is 13.0. The van der Waals surface area contributed by atoms with E-state index in [4.69, 9.17) is 15.6 Å². The predicted molar refractivity (Wildman–Crippen MR) is 146 cm³/mol. The van der Waals surface area contributed by atoms with E-state index < -0.39 is 0 Å². The summed E-state index contributed by atoms with van der Waals surface area (Å²) < 4.78 is 10.9. The zero-order valence-electron chi connectivity index (χ0n) is 20.0. The summed E-state index contributed by atoms with van der Waals surface area (Å²) >= 11 is 2.18. The molecule has 6 rings (SSSR count). The Morgan fingerprint density at radius 1 is 1.11 bits per heavy atom. The maximum Gasteiger partial charge on any atom is 0.233 e. The quantitative estimate of drug-likeness (QED) is 0.306. The van der Waals surface area contributed by atoms with Crippen molar-refractivity contribution in [3.05, 3.63) is 58.2 Å². The van der Waals surface area contributed by atoms with Gasteiger partial charge in [0, 0.05) is 36.4 Å². The highest BCUT2D eigenvalue weighted by Crippen LogP contribution is 2.35. The van der Waals surface area contributed by atoms with E-state index in [2.05, 4.69) is 78.2 Å². The minimum absolute atomic E-state index is 0.142. The highest BCUT2D eigenvalue weighted by molar-refractivity contribution is 14.1. The summed E-state index contributed by atoms with van der Waals surface area (Å²) in [4.78, 5) is 10.9. The Morgan fingerprint density at radius 3 is 2.72 bits per heavy atom. The molecule has 0 radical (unpaired) electrons. The molecule has 1 aliphatic heterocycles. The molecule has 1 unspecified atom stereocenters. The van der Waals surface area contributed by atoms with E-state index in [9.17, 15) is 0 Å². The van der Waals surface area contributed by atoms with E-state index in [0.29, 0.717) is 17.3 Å². The van der Waals surface area contributed by atoms with Crippen molar-refractivity contribution >= 4 is 45.0 Å². The smallest absolute Gasteiger partial charge is 0.233 e. The highest BCUT2D eigenvalue weighted by Gasteiger charge is 2.25. The predicted octanol–water partition coefficient (Wildman–Crippen LogP) is 3.81. The minimum Gasteiger partial charge on any atom is -0.473 e. The van der Waals surface area contributed by atoms with E-state index in [1.807, 2.05) is 35.1 Å². The van der Waals surface area contributed by atoms with Crippen molar-refractivity contribution in [2.24, 2.45) is 0 Å². The zero-order valence-corrected chi connectivity index (χ0v) is 22.2. The number of aromatic nitrogens is 7. The average Bonchev–Trinajstić information content (AvgIpc) is 3.44. The summed E-state index contributed by atoms with van der Waals surface area (Å²) in [6.07, 6.45) is 5.68. The molecule has 5 aromatic rings. The Labute approximate surface area is 221 Å². The topological polar surface area (TPSA) is 112 Å². The second-order valence-corrected chi connectivity index (χ2v) is 10.2. The molecular weight excluding hydrogens is 569 g/mol. The first kappa shape index (κ1) is 23.1. The lowest BCUT2D eigenvalue weighted by Crippen LogP contribution is -2.35. The van der Waals surface area contributed by atoms with Gasteiger partial charge < -0.3 is 19.8 Å². The van der Waals surface area contributed by atoms with Gasteiger partial charge in [-0.15, -0.1) is 10.2 Å². The van der Waals surface area contributed by atoms with Crippen LogP contribution < -0.4 is 10.5 Å². The third kappa shape index (κ3) is 4.05. The van der Waals surface area contributed by atoms with Crippen molar-refractivity contribution < 1.29 is 4.74 Å². The number of rotatable bonds is 5. The van der Waals surface area contributed by atoms with Crippen molar-refractivity contribution in [2.45, 2.75) is 31.9 Å². The van der Waals surface area contributed by atoms with Crippen molar-refractivity contribution in [3.63, 3.8) is 0 Å². The molecular formula is C25H26IN9O. The van der Waals surface area contributed by atoms with Gasteiger partial charge in [-0.25, -0.2) is 14.6 Å². The lowest BCUT2D eigenvalue weighted by molar-refractivity contribution is 0.109. The summed E-state index contributed by atoms with van der Waals surface area (Å²) in [7, 11) is 2.14. The Hall–Kier alpha value is -3.32. The summed E-state index contributed by atoms with van der Waals surface area (Å²) in [6, 6.07) is 12.0. The molecule has 5 aromatic heterocycles. The van der Waals surface area contributed by atoms with Gasteiger partial charge in [0.05, 0.1) is 17.1 Å². The van der Waals surface area contributed by atoms with Gasteiger partial charge in [0.2, 0.25) is 5.88 Å². The van der Waals surface area contributed by atoms with Crippen LogP contribution in [0.4, 0.5) is 5.82 Å². The molecule has 2 N–H and O–H groups in total. The van der Waals surface area contributed by atoms with Gasteiger partial charge in [-0.2, -0.15) is 5.10 Å². The first-order chi connectivity index (χ1) is 17.5. The monoisotopic (exact) mass is 595 g/mol. The van der Waals surface area contributed by atoms with E-state index in [0.717, 1.165) is 57.5 Å². The second-order valence-electron chi connectivity index (χ2n) is 9.19. The molecule has 10 nitrogen and oxygen atoms in total. The van der Waals surface area contributed by atoms with Crippen LogP contribution in [0.15, 0.2) is 48.9 Å². The Bertz CT molecular complexity index is 1540. The Kier molecular flexibility index (Phi) is 5.96. The lowest BCUT2D eigenvalue weighted by atomic mass is 10.1. The van der Waals surface area contributed by atoms with Crippen molar-refractivity contribution in [1.82, 2.24) is 39.2 Å². The number of hydrogen-bond acceptors (Lipinski definition) is 8. The number of pyridine rings is 1. The number of nitrogen functional groups attached to an aromatic ring is 1. The molecule has 1 atom stereocenters. The number of likely N-dealkylation sites (tertiary alicyclic amines) is 1. The van der Waals surface area contributed by atoms with Gasteiger partial charge >= 0.3 is 0 Å². The Morgan fingerprint density at radius 2 is 1.94 bits per heavy atom. The van der Waals surface area contributed by atoms with Crippen LogP contribution in [-0.2, 0) is 0 Å². The molecule has 184 valence electrons. The number of fused-ring (bicyclic) bond motifs is 2. The van der Waals surface area contributed by atoms with Gasteiger partial charge in [0.25, 0.3) is 0 Å². The van der Waals surface area contributed by atoms with Crippen LogP contribution >= 0.6 is 22.6 Å². The van der Waals surface area contributed by atoms with Crippen molar-refractivity contribution in [1.29, 1.82) is 0 Å². The largest absolute Gasteiger partial charge is 0.473 e. The van der Waals surface area contributed by atoms with Crippen molar-refractivity contribution in [2.75, 3.05) is 25.9 Å². The molecule has 36 heavy (non-hydrogen) atoms. The van der Waals surface area contributed by atoms with E-state index in [1.54, 1.807) is 0 Å². The van der Waals surface area contributed by atoms with Crippen LogP contribution in [0.25, 0.3) is 27.9 Å². The van der Waals surface area contributed by atoms with Crippen LogP contribution in [0, 0.1) is 3.70 Å². The van der Waals surface area contributed by atoms with Gasteiger partial charge in [0.1, 0.15) is 27.6 Å². The summed E-state index contributed by atoms with van der Waals surface area (Å²) in [5, 5.41) is 14.6. The lowest BCUT2D eigenvalue weighted by Gasteiger charge is -2.28. The van der Waals surface area contributed by atoms with Crippen LogP contribution in [0.2, 0.25) is 0 Å². The van der Waals surface area contributed by atoms with Crippen LogP contribution in [0.3, 0.4) is 0 Å². The molecule has 0 amide bonds. The van der Waals surface area contributed by atoms with Crippen LogP contribution in [-0.4, -0.2) is 65.5 Å². The third-order valence-corrected chi connectivity index (χ3v) is 7.59. The molecule has 0 aliphatic carbocycles. The SMILES string of the molecule is CC(c1cc2ccccn2c1-c1ccc(OC2CCN(C)CC2)nn1)n1nc(I)c2c(N)ncnc21. The number of ether oxygens (including phenoxy) is 1. The third-order valence-electron chi connectivity index (χ3n) is 6.84. The molecule has 11 heteroatoms. The van der Waals surface area contributed by atoms with Crippen LogP contribution in [0.1, 0.15) is 31.4 Å². The van der Waals surface area contributed by atoms with Crippen molar-refractivity contribution in [3.8, 4) is 17.3 Å². The van der Waals surface area contributed by atoms with E-state index >= 15 is 0 Å². The highest BCUT2D eigenvalue weighted by atomic mass is 127. The van der Waals surface area contributed by atoms with E-state index in [1.165, 1.54) is 6.33 Å². The molecule has 1 saturated heterocycles. The number of anilines is 1. The normalized spacial score (nSPS) is 16.1. The van der Waals surface area contributed by atoms with Gasteiger partial charge in [-0.1, -0.05) is 6.07 Å². The van der Waals surface area contributed by atoms with Gasteiger partial charge in [-0.05, 0) is 73.7 Å². The van der Waals surface area contributed by atoms with Crippen LogP contribution in [0.5, 0.6) is 5.88 Å². The minimum atomic E-state index is -0.142. The Balaban J connectivity index is 1.39. The van der Waals surface area contributed by atoms with Gasteiger partial charge in [0.15, 0.2) is 5.65 Å². The molecule has 0 spiro atoms. The summed E-state index contributed by atoms with van der Waals surface area (Å²) in [5.41, 5.74) is 10.7. The fourth-order valence-electron chi connectivity index (χ4n) is 4.87. The molecule has 0 saturated carbocycles. The molecule has 1 aliphatic rings. The molecule has 0 aromatic carbocycles. The average molecular weight is 595 g/mol. The van der Waals surface area contributed by atoms with Gasteiger partial charge in [-0.3, -0.25) is 0 Å². The number of nitrogens with two attached hydrogens (primary N) is 1. The second kappa shape index (κ2) is 9.28. The zero-order chi connectivity index (χ0) is 24.8. The fourth-order valence-corrected chi connectivity index (χ4v) is 5.62. The maximum absolute atomic E-state index is 6.13.